The van der Waals surface area contributed by atoms with Gasteiger partial charge in [0.1, 0.15) is 6.26 Å². The molecule has 1 aliphatic carbocycles. The van der Waals surface area contributed by atoms with Crippen molar-refractivity contribution in [1.29, 1.82) is 0 Å². The van der Waals surface area contributed by atoms with Crippen molar-refractivity contribution in [2.75, 3.05) is 18.8 Å². The van der Waals surface area contributed by atoms with Crippen LogP contribution in [0.5, 0.6) is 0 Å². The van der Waals surface area contributed by atoms with Gasteiger partial charge in [0.25, 0.3) is 5.89 Å². The molecule has 0 radical (unpaired) electrons. The third-order valence-electron chi connectivity index (χ3n) is 5.15. The SMILES string of the molecule is O=C(CSC1CCCC1)N1CCC(c2nnc(-c3ccoc3)o2)CC1. The molecule has 0 spiro atoms. The molecule has 2 aromatic rings. The zero-order valence-corrected chi connectivity index (χ0v) is 15.0. The summed E-state index contributed by atoms with van der Waals surface area (Å²) in [5, 5.41) is 8.99. The van der Waals surface area contributed by atoms with E-state index in [-0.39, 0.29) is 11.8 Å². The molecule has 7 heteroatoms. The van der Waals surface area contributed by atoms with E-state index >= 15 is 0 Å². The first-order chi connectivity index (χ1) is 12.3. The van der Waals surface area contributed by atoms with Crippen LogP contribution >= 0.6 is 11.8 Å². The molecule has 0 bridgehead atoms. The molecular weight excluding hydrogens is 338 g/mol. The lowest BCUT2D eigenvalue weighted by Crippen LogP contribution is -2.39. The van der Waals surface area contributed by atoms with Gasteiger partial charge in [-0.05, 0) is 31.7 Å². The van der Waals surface area contributed by atoms with Crippen LogP contribution in [0.1, 0.15) is 50.3 Å². The predicted octanol–water partition coefficient (Wildman–Crippen LogP) is 3.71. The van der Waals surface area contributed by atoms with Gasteiger partial charge in [-0.1, -0.05) is 12.8 Å². The standard InChI is InChI=1S/C18H23N3O3S/c22-16(12-25-15-3-1-2-4-15)21-8-5-13(6-9-21)17-19-20-18(24-17)14-7-10-23-11-14/h7,10-11,13,15H,1-6,8-9,12H2. The highest BCUT2D eigenvalue weighted by Crippen LogP contribution is 2.31. The Morgan fingerprint density at radius 3 is 2.72 bits per heavy atom. The molecule has 1 aliphatic heterocycles. The van der Waals surface area contributed by atoms with E-state index in [9.17, 15) is 4.79 Å². The monoisotopic (exact) mass is 361 g/mol. The fourth-order valence-electron chi connectivity index (χ4n) is 3.61. The summed E-state index contributed by atoms with van der Waals surface area (Å²) in [6.07, 6.45) is 10.1. The Morgan fingerprint density at radius 2 is 2.00 bits per heavy atom. The van der Waals surface area contributed by atoms with Crippen LogP contribution in [0.2, 0.25) is 0 Å². The van der Waals surface area contributed by atoms with Gasteiger partial charge in [-0.3, -0.25) is 4.79 Å². The molecule has 0 aromatic carbocycles. The topological polar surface area (TPSA) is 72.4 Å². The summed E-state index contributed by atoms with van der Waals surface area (Å²) in [6, 6.07) is 1.81. The minimum absolute atomic E-state index is 0.236. The molecule has 1 saturated heterocycles. The minimum Gasteiger partial charge on any atom is -0.472 e. The summed E-state index contributed by atoms with van der Waals surface area (Å²) in [6.45, 7) is 1.55. The van der Waals surface area contributed by atoms with Crippen molar-refractivity contribution in [3.63, 3.8) is 0 Å². The number of likely N-dealkylation sites (tertiary alicyclic amines) is 1. The van der Waals surface area contributed by atoms with Gasteiger partial charge >= 0.3 is 0 Å². The molecule has 4 rings (SSSR count). The van der Waals surface area contributed by atoms with Gasteiger partial charge in [-0.2, -0.15) is 0 Å². The van der Waals surface area contributed by atoms with Crippen molar-refractivity contribution < 1.29 is 13.6 Å². The van der Waals surface area contributed by atoms with Crippen LogP contribution in [0.25, 0.3) is 11.5 Å². The highest BCUT2D eigenvalue weighted by atomic mass is 32.2. The Balaban J connectivity index is 1.27. The molecule has 1 amide bonds. The lowest BCUT2D eigenvalue weighted by Gasteiger charge is -2.30. The van der Waals surface area contributed by atoms with E-state index < -0.39 is 0 Å². The van der Waals surface area contributed by atoms with Gasteiger partial charge in [-0.15, -0.1) is 22.0 Å². The Morgan fingerprint density at radius 1 is 1.20 bits per heavy atom. The maximum Gasteiger partial charge on any atom is 0.250 e. The van der Waals surface area contributed by atoms with E-state index in [1.165, 1.54) is 25.7 Å². The lowest BCUT2D eigenvalue weighted by atomic mass is 9.97. The first kappa shape index (κ1) is 16.7. The van der Waals surface area contributed by atoms with Crippen LogP contribution in [-0.2, 0) is 4.79 Å². The first-order valence-corrected chi connectivity index (χ1v) is 10.1. The largest absolute Gasteiger partial charge is 0.472 e. The van der Waals surface area contributed by atoms with Crippen LogP contribution in [-0.4, -0.2) is 45.1 Å². The number of nitrogens with zero attached hydrogens (tertiary/aromatic N) is 3. The fraction of sp³-hybridized carbons (Fsp3) is 0.611. The number of rotatable bonds is 5. The third-order valence-corrected chi connectivity index (χ3v) is 6.51. The number of thioether (sulfide) groups is 1. The fourth-order valence-corrected chi connectivity index (χ4v) is 4.84. The minimum atomic E-state index is 0.236. The summed E-state index contributed by atoms with van der Waals surface area (Å²) in [5.74, 6) is 2.30. The first-order valence-electron chi connectivity index (χ1n) is 9.05. The number of furan rings is 1. The smallest absolute Gasteiger partial charge is 0.250 e. The van der Waals surface area contributed by atoms with Gasteiger partial charge in [0, 0.05) is 24.3 Å². The second-order valence-corrected chi connectivity index (χ2v) is 8.12. The van der Waals surface area contributed by atoms with E-state index in [0.717, 1.165) is 31.5 Å². The van der Waals surface area contributed by atoms with Gasteiger partial charge in [-0.25, -0.2) is 0 Å². The van der Waals surface area contributed by atoms with E-state index in [4.69, 9.17) is 8.83 Å². The normalized spacial score (nSPS) is 19.6. The lowest BCUT2D eigenvalue weighted by molar-refractivity contribution is -0.129. The molecule has 0 N–H and O–H groups in total. The van der Waals surface area contributed by atoms with Crippen LogP contribution < -0.4 is 0 Å². The summed E-state index contributed by atoms with van der Waals surface area (Å²) < 4.78 is 10.8. The molecule has 2 aromatic heterocycles. The van der Waals surface area contributed by atoms with Crippen LogP contribution in [0.3, 0.4) is 0 Å². The van der Waals surface area contributed by atoms with Crippen LogP contribution in [0.4, 0.5) is 0 Å². The second-order valence-electron chi connectivity index (χ2n) is 6.83. The Bertz CT molecular complexity index is 686. The summed E-state index contributed by atoms with van der Waals surface area (Å²) in [7, 11) is 0. The van der Waals surface area contributed by atoms with E-state index in [2.05, 4.69) is 10.2 Å². The Kier molecular flexibility index (Phi) is 5.10. The Labute approximate surface area is 151 Å². The van der Waals surface area contributed by atoms with Gasteiger partial charge in [0.05, 0.1) is 17.6 Å². The number of carbonyl (C=O) groups excluding carboxylic acids is 1. The van der Waals surface area contributed by atoms with Gasteiger partial charge in [0.2, 0.25) is 11.8 Å². The van der Waals surface area contributed by atoms with E-state index in [0.29, 0.717) is 22.8 Å². The quantitative estimate of drug-likeness (QED) is 0.808. The molecule has 3 heterocycles. The molecule has 1 saturated carbocycles. The maximum atomic E-state index is 12.4. The molecule has 6 nitrogen and oxygen atoms in total. The summed E-state index contributed by atoms with van der Waals surface area (Å²) in [5.41, 5.74) is 0.801. The average molecular weight is 361 g/mol. The van der Waals surface area contributed by atoms with Crippen molar-refractivity contribution in [3.05, 3.63) is 24.5 Å². The van der Waals surface area contributed by atoms with Crippen molar-refractivity contribution in [1.82, 2.24) is 15.1 Å². The molecule has 2 fully saturated rings. The summed E-state index contributed by atoms with van der Waals surface area (Å²) >= 11 is 1.84. The second kappa shape index (κ2) is 7.64. The predicted molar refractivity (Wildman–Crippen MR) is 95.3 cm³/mol. The van der Waals surface area contributed by atoms with Crippen LogP contribution in [0.15, 0.2) is 27.4 Å². The van der Waals surface area contributed by atoms with Crippen molar-refractivity contribution in [3.8, 4) is 11.5 Å². The molecule has 2 aliphatic rings. The zero-order valence-electron chi connectivity index (χ0n) is 14.2. The third kappa shape index (κ3) is 3.92. The molecule has 0 atom stereocenters. The number of hydrogen-bond acceptors (Lipinski definition) is 6. The molecular formula is C18H23N3O3S. The van der Waals surface area contributed by atoms with Gasteiger partial charge in [0.15, 0.2) is 0 Å². The molecule has 25 heavy (non-hydrogen) atoms. The number of piperidine rings is 1. The maximum absolute atomic E-state index is 12.4. The molecule has 0 unspecified atom stereocenters. The van der Waals surface area contributed by atoms with Crippen molar-refractivity contribution in [2.24, 2.45) is 0 Å². The van der Waals surface area contributed by atoms with Crippen LogP contribution in [0, 0.1) is 0 Å². The number of carbonyl (C=O) groups is 1. The highest BCUT2D eigenvalue weighted by Gasteiger charge is 2.28. The van der Waals surface area contributed by atoms with E-state index in [1.807, 2.05) is 16.7 Å². The average Bonchev–Trinajstić information content (AvgIpc) is 3.42. The Hall–Kier alpha value is -1.76. The highest BCUT2D eigenvalue weighted by molar-refractivity contribution is 8.00. The molecule has 134 valence electrons. The number of amides is 1. The van der Waals surface area contributed by atoms with E-state index in [1.54, 1.807) is 18.6 Å². The number of hydrogen-bond donors (Lipinski definition) is 0. The summed E-state index contributed by atoms with van der Waals surface area (Å²) in [4.78, 5) is 14.4. The van der Waals surface area contributed by atoms with Gasteiger partial charge < -0.3 is 13.7 Å². The zero-order chi connectivity index (χ0) is 17.1. The number of aromatic nitrogens is 2. The van der Waals surface area contributed by atoms with Crippen molar-refractivity contribution in [2.45, 2.75) is 49.7 Å². The van der Waals surface area contributed by atoms with Crippen molar-refractivity contribution >= 4 is 17.7 Å².